The summed E-state index contributed by atoms with van der Waals surface area (Å²) in [5.74, 6) is -3.48. The number of aromatic nitrogens is 1. The molecule has 2 aromatic carbocycles. The lowest BCUT2D eigenvalue weighted by molar-refractivity contribution is -0.161. The Morgan fingerprint density at radius 3 is 2.35 bits per heavy atom. The molecule has 0 spiro atoms. The number of likely N-dealkylation sites (N-methyl/N-ethyl adjacent to an activating group) is 1. The summed E-state index contributed by atoms with van der Waals surface area (Å²) in [6.45, 7) is 8.61. The maximum atomic E-state index is 15.0. The molecule has 0 bridgehead atoms. The van der Waals surface area contributed by atoms with Crippen LogP contribution in [-0.4, -0.2) is 115 Å². The molecular formula is C34H39FN6O9S. The summed E-state index contributed by atoms with van der Waals surface area (Å²) < 4.78 is 21.9. The summed E-state index contributed by atoms with van der Waals surface area (Å²) in [4.78, 5) is 65.6. The fourth-order valence-corrected chi connectivity index (χ4v) is 8.54. The first-order valence-corrected chi connectivity index (χ1v) is 17.2. The fourth-order valence-electron chi connectivity index (χ4n) is 6.91. The molecule has 2 amide bonds. The third kappa shape index (κ3) is 6.33. The van der Waals surface area contributed by atoms with Crippen molar-refractivity contribution in [2.75, 3.05) is 44.7 Å². The second kappa shape index (κ2) is 13.4. The van der Waals surface area contributed by atoms with Crippen LogP contribution in [-0.2, 0) is 14.4 Å². The van der Waals surface area contributed by atoms with E-state index in [4.69, 9.17) is 10.5 Å². The number of nitrogens with two attached hydrogens (primary N) is 1. The molecule has 15 nitrogen and oxygen atoms in total. The first-order chi connectivity index (χ1) is 24.0. The molecule has 3 aromatic rings. The number of ether oxygens (including phenoxy) is 1. The number of carboxylic acid groups (broad SMARTS) is 2. The predicted octanol–water partition coefficient (Wildman–Crippen LogP) is 1.57. The van der Waals surface area contributed by atoms with E-state index in [0.717, 1.165) is 19.2 Å². The van der Waals surface area contributed by atoms with Gasteiger partial charge in [0.15, 0.2) is 11.6 Å². The molecular weight excluding hydrogens is 687 g/mol. The Labute approximate surface area is 295 Å². The fraction of sp³-hybridized carbons (Fsp3) is 0.441. The number of pyridine rings is 1. The number of carboxylic acids is 2. The van der Waals surface area contributed by atoms with Gasteiger partial charge in [-0.05, 0) is 51.6 Å². The smallest absolute Gasteiger partial charge is 0.341 e. The number of nitrogens with one attached hydrogen (secondary N) is 1. The number of β-lactam (4-membered cyclic amide) rings is 1. The van der Waals surface area contributed by atoms with E-state index in [1.807, 2.05) is 18.9 Å². The highest BCUT2D eigenvalue weighted by molar-refractivity contribution is 8.01. The molecule has 5 heterocycles. The molecule has 0 aliphatic carbocycles. The van der Waals surface area contributed by atoms with Crippen molar-refractivity contribution in [2.45, 2.75) is 55.1 Å². The summed E-state index contributed by atoms with van der Waals surface area (Å²) in [5, 5.41) is 30.2. The summed E-state index contributed by atoms with van der Waals surface area (Å²) in [6, 6.07) is 4.20. The largest absolute Gasteiger partial charge is 0.508 e. The average molecular weight is 727 g/mol. The summed E-state index contributed by atoms with van der Waals surface area (Å²) >= 11 is 1.35. The number of aromatic hydroxyl groups is 1. The zero-order valence-corrected chi connectivity index (χ0v) is 29.1. The van der Waals surface area contributed by atoms with Crippen LogP contribution < -0.4 is 26.1 Å². The number of anilines is 1. The van der Waals surface area contributed by atoms with Crippen LogP contribution in [0.2, 0.25) is 0 Å². The molecule has 17 heteroatoms. The number of carbonyl (C=O) groups excluding carboxylic acids is 2. The van der Waals surface area contributed by atoms with Crippen LogP contribution in [0.5, 0.6) is 11.5 Å². The van der Waals surface area contributed by atoms with Gasteiger partial charge in [0.05, 0.1) is 16.9 Å². The Balaban J connectivity index is 0.000000176. The number of thioether (sulfide) groups is 1. The number of amides is 2. The van der Waals surface area contributed by atoms with Gasteiger partial charge in [-0.15, -0.1) is 11.8 Å². The van der Waals surface area contributed by atoms with Crippen molar-refractivity contribution in [3.05, 3.63) is 63.7 Å². The number of benzene rings is 2. The van der Waals surface area contributed by atoms with Gasteiger partial charge in [-0.3, -0.25) is 14.4 Å². The molecule has 4 aliphatic rings. The van der Waals surface area contributed by atoms with Crippen LogP contribution in [0, 0.1) is 5.82 Å². The number of carbonyl (C=O) groups is 4. The standard InChI is InChI=1S/C18H20FN3O4.C16H19N3O5S/c1-10-9-26-17-14-11(16(23)12(18(24)25)8-22(10)14)7-13(19)15(17)21-5-3-20(2)4-6-21;1-16(2)11(15(23)24)19-13(22)10(14(19)25-16)18-12(21)9(17)7-3-5-8(20)6-4-7/h7-8,10H,3-6,9H2,1-2H3,(H,24,25);3-6,9-11,14,20H,17H2,1-2H3,(H,18,21)(H,23,24)/t10-;9-,10-,11+,14-/m01/s1. The highest BCUT2D eigenvalue weighted by atomic mass is 32.2. The highest BCUT2D eigenvalue weighted by Crippen LogP contribution is 2.51. The van der Waals surface area contributed by atoms with E-state index < -0.39 is 63.2 Å². The van der Waals surface area contributed by atoms with E-state index in [9.17, 15) is 43.7 Å². The van der Waals surface area contributed by atoms with E-state index in [-0.39, 0.29) is 29.3 Å². The minimum Gasteiger partial charge on any atom is -0.508 e. The van der Waals surface area contributed by atoms with Crippen molar-refractivity contribution in [1.29, 1.82) is 0 Å². The quantitative estimate of drug-likeness (QED) is 0.229. The lowest BCUT2D eigenvalue weighted by Gasteiger charge is -2.43. The molecule has 51 heavy (non-hydrogen) atoms. The topological polar surface area (TPSA) is 208 Å². The van der Waals surface area contributed by atoms with Gasteiger partial charge in [-0.1, -0.05) is 12.1 Å². The van der Waals surface area contributed by atoms with Crippen LogP contribution in [0.15, 0.2) is 41.3 Å². The number of aliphatic carboxylic acids is 1. The molecule has 3 fully saturated rings. The van der Waals surface area contributed by atoms with Gasteiger partial charge < -0.3 is 50.4 Å². The van der Waals surface area contributed by atoms with Gasteiger partial charge in [-0.25, -0.2) is 14.0 Å². The number of halogens is 1. The first kappa shape index (κ1) is 35.9. The Bertz CT molecular complexity index is 1980. The number of nitrogens with zero attached hydrogens (tertiary/aromatic N) is 4. The third-order valence-electron chi connectivity index (χ3n) is 9.70. The normalized spacial score (nSPS) is 24.1. The molecule has 0 saturated carbocycles. The van der Waals surface area contributed by atoms with Crippen molar-refractivity contribution in [3.8, 4) is 11.5 Å². The van der Waals surface area contributed by atoms with Crippen LogP contribution in [0.3, 0.4) is 0 Å². The minimum absolute atomic E-state index is 0.0434. The maximum absolute atomic E-state index is 15.0. The van der Waals surface area contributed by atoms with E-state index in [1.54, 1.807) is 18.4 Å². The molecule has 272 valence electrons. The Hall–Kier alpha value is -4.87. The maximum Gasteiger partial charge on any atom is 0.341 e. The van der Waals surface area contributed by atoms with E-state index in [2.05, 4.69) is 10.2 Å². The zero-order chi connectivity index (χ0) is 37.1. The van der Waals surface area contributed by atoms with E-state index in [1.165, 1.54) is 47.1 Å². The SMILES string of the molecule is CC1(C)S[C@@H]2[C@H](NC(=O)[C@H](N)c3ccc(O)cc3)C(=O)N2[C@H]1C(=O)O.C[C@H]1COc2c(N3CCN(C)CC3)c(F)cc3c(=O)c(C(=O)O)cn1c23. The molecule has 1 aromatic heterocycles. The zero-order valence-electron chi connectivity index (χ0n) is 28.3. The Morgan fingerprint density at radius 1 is 1.10 bits per heavy atom. The second-order valence-corrected chi connectivity index (χ2v) is 15.4. The van der Waals surface area contributed by atoms with Gasteiger partial charge in [0.1, 0.15) is 47.1 Å². The number of piperazine rings is 1. The number of hydrogen-bond donors (Lipinski definition) is 5. The number of rotatable bonds is 6. The summed E-state index contributed by atoms with van der Waals surface area (Å²) in [6.07, 6.45) is 1.34. The molecule has 0 unspecified atom stereocenters. The summed E-state index contributed by atoms with van der Waals surface area (Å²) in [7, 11) is 2.02. The third-order valence-corrected chi connectivity index (χ3v) is 11.3. The van der Waals surface area contributed by atoms with Crippen molar-refractivity contribution in [1.82, 2.24) is 19.7 Å². The number of fused-ring (bicyclic) bond motifs is 1. The van der Waals surface area contributed by atoms with Gasteiger partial charge in [0.25, 0.3) is 0 Å². The van der Waals surface area contributed by atoms with Crippen LogP contribution >= 0.6 is 11.8 Å². The number of aromatic carboxylic acids is 1. The van der Waals surface area contributed by atoms with E-state index >= 15 is 0 Å². The van der Waals surface area contributed by atoms with Crippen molar-refractivity contribution >= 4 is 52.1 Å². The highest BCUT2D eigenvalue weighted by Gasteiger charge is 2.64. The lowest BCUT2D eigenvalue weighted by atomic mass is 9.95. The van der Waals surface area contributed by atoms with Gasteiger partial charge >= 0.3 is 11.9 Å². The van der Waals surface area contributed by atoms with E-state index in [0.29, 0.717) is 35.6 Å². The molecule has 7 rings (SSSR count). The Kier molecular flexibility index (Phi) is 9.41. The van der Waals surface area contributed by atoms with Crippen molar-refractivity contribution < 1.29 is 43.6 Å². The second-order valence-electron chi connectivity index (χ2n) is 13.6. The minimum atomic E-state index is -1.32. The number of phenols is 1. The van der Waals surface area contributed by atoms with Crippen LogP contribution in [0.1, 0.15) is 48.8 Å². The Morgan fingerprint density at radius 2 is 1.75 bits per heavy atom. The number of hydrogen-bond acceptors (Lipinski definition) is 11. The predicted molar refractivity (Wildman–Crippen MR) is 186 cm³/mol. The molecule has 3 saturated heterocycles. The molecule has 6 N–H and O–H groups in total. The van der Waals surface area contributed by atoms with Crippen LogP contribution in [0.25, 0.3) is 10.9 Å². The van der Waals surface area contributed by atoms with Gasteiger partial charge in [0.2, 0.25) is 17.2 Å². The molecule has 0 radical (unpaired) electrons. The monoisotopic (exact) mass is 726 g/mol. The van der Waals surface area contributed by atoms with Crippen molar-refractivity contribution in [3.63, 3.8) is 0 Å². The van der Waals surface area contributed by atoms with Gasteiger partial charge in [-0.2, -0.15) is 0 Å². The van der Waals surface area contributed by atoms with Crippen molar-refractivity contribution in [2.24, 2.45) is 5.73 Å². The summed E-state index contributed by atoms with van der Waals surface area (Å²) in [5.41, 5.74) is 6.19. The first-order valence-electron chi connectivity index (χ1n) is 16.3. The molecule has 5 atom stereocenters. The lowest BCUT2D eigenvalue weighted by Crippen LogP contribution is -2.71. The van der Waals surface area contributed by atoms with Crippen LogP contribution in [0.4, 0.5) is 10.1 Å². The number of phenolic OH excluding ortho intramolecular Hbond substituents is 1. The molecule has 4 aliphatic heterocycles. The average Bonchev–Trinajstić information content (AvgIpc) is 3.34. The van der Waals surface area contributed by atoms with Gasteiger partial charge in [0, 0.05) is 37.1 Å².